The maximum Gasteiger partial charge on any atom is 0.411 e. The number of carbonyl (C=O) groups excluding carboxylic acids is 2. The van der Waals surface area contributed by atoms with E-state index in [1.54, 1.807) is 20.8 Å². The van der Waals surface area contributed by atoms with Crippen LogP contribution in [0.5, 0.6) is 11.5 Å². The summed E-state index contributed by atoms with van der Waals surface area (Å²) in [6.45, 7) is 2.46. The number of methoxy groups -OCH3 is 1. The summed E-state index contributed by atoms with van der Waals surface area (Å²) in [7, 11) is 1.30. The molecule has 1 amide bonds. The van der Waals surface area contributed by atoms with Gasteiger partial charge in [0.2, 0.25) is 0 Å². The summed E-state index contributed by atoms with van der Waals surface area (Å²) >= 11 is 13.9. The number of aromatic amines is 1. The SMILES string of the molecule is COc1cc([C@H](Cc2c(Cl)c[nH+]cc2Cl)OC(=O)[C@@H]2SCCN2C(=O)OC(C)(C)C)ccc1OC(F)F. The van der Waals surface area contributed by atoms with Crippen LogP contribution >= 0.6 is 35.0 Å². The zero-order valence-electron chi connectivity index (χ0n) is 20.6. The number of carbonyl (C=O) groups is 2. The van der Waals surface area contributed by atoms with E-state index < -0.39 is 35.8 Å². The third-order valence-corrected chi connectivity index (χ3v) is 7.00. The lowest BCUT2D eigenvalue weighted by Crippen LogP contribution is -2.43. The van der Waals surface area contributed by atoms with Crippen LogP contribution in [0.25, 0.3) is 0 Å². The van der Waals surface area contributed by atoms with E-state index in [0.29, 0.717) is 33.5 Å². The second-order valence-corrected chi connectivity index (χ2v) is 10.9. The fourth-order valence-electron chi connectivity index (χ4n) is 3.53. The van der Waals surface area contributed by atoms with Gasteiger partial charge in [0.1, 0.15) is 21.8 Å². The predicted molar refractivity (Wildman–Crippen MR) is 134 cm³/mol. The molecule has 8 nitrogen and oxygen atoms in total. The van der Waals surface area contributed by atoms with Crippen LogP contribution in [-0.4, -0.2) is 54.0 Å². The minimum Gasteiger partial charge on any atom is -0.493 e. The Labute approximate surface area is 227 Å². The van der Waals surface area contributed by atoms with Crippen molar-refractivity contribution in [3.05, 3.63) is 51.8 Å². The molecule has 13 heteroatoms. The first kappa shape index (κ1) is 29.1. The Morgan fingerprint density at radius 3 is 2.46 bits per heavy atom. The van der Waals surface area contributed by atoms with Crippen molar-refractivity contribution in [1.82, 2.24) is 4.90 Å². The van der Waals surface area contributed by atoms with Crippen LogP contribution in [0.4, 0.5) is 13.6 Å². The fraction of sp³-hybridized carbons (Fsp3) is 0.458. The highest BCUT2D eigenvalue weighted by molar-refractivity contribution is 8.00. The van der Waals surface area contributed by atoms with Gasteiger partial charge in [-0.2, -0.15) is 8.78 Å². The Kier molecular flexibility index (Phi) is 9.71. The van der Waals surface area contributed by atoms with E-state index in [-0.39, 0.29) is 17.9 Å². The van der Waals surface area contributed by atoms with Crippen molar-refractivity contribution in [2.45, 2.75) is 50.9 Å². The molecule has 0 radical (unpaired) electrons. The van der Waals surface area contributed by atoms with E-state index >= 15 is 0 Å². The van der Waals surface area contributed by atoms with Crippen LogP contribution in [0.1, 0.15) is 38.0 Å². The Hall–Kier alpha value is -2.50. The molecule has 202 valence electrons. The van der Waals surface area contributed by atoms with Crippen molar-refractivity contribution in [3.63, 3.8) is 0 Å². The molecular formula is C24H27Cl2F2N2O6S+. The third-order valence-electron chi connectivity index (χ3n) is 5.14. The summed E-state index contributed by atoms with van der Waals surface area (Å²) in [6.07, 6.45) is 1.52. The molecule has 2 atom stereocenters. The first-order chi connectivity index (χ1) is 17.4. The molecule has 1 fully saturated rings. The molecule has 1 aromatic heterocycles. The smallest absolute Gasteiger partial charge is 0.411 e. The quantitative estimate of drug-likeness (QED) is 0.378. The van der Waals surface area contributed by atoms with Crippen molar-refractivity contribution in [2.24, 2.45) is 0 Å². The number of H-pyrrole nitrogens is 1. The van der Waals surface area contributed by atoms with Crippen LogP contribution in [-0.2, 0) is 20.7 Å². The minimum atomic E-state index is -3.05. The fourth-order valence-corrected chi connectivity index (χ4v) is 5.15. The number of thioether (sulfide) groups is 1. The number of nitrogens with one attached hydrogen (secondary N) is 1. The van der Waals surface area contributed by atoms with Gasteiger partial charge >= 0.3 is 18.7 Å². The molecule has 1 saturated heterocycles. The van der Waals surface area contributed by atoms with Crippen LogP contribution in [0.2, 0.25) is 10.0 Å². The molecular weight excluding hydrogens is 553 g/mol. The van der Waals surface area contributed by atoms with Gasteiger partial charge in [0.25, 0.3) is 0 Å². The highest BCUT2D eigenvalue weighted by atomic mass is 35.5. The highest BCUT2D eigenvalue weighted by Gasteiger charge is 2.39. The molecule has 1 aliphatic heterocycles. The third kappa shape index (κ3) is 7.75. The molecule has 0 bridgehead atoms. The van der Waals surface area contributed by atoms with E-state index in [2.05, 4.69) is 9.72 Å². The van der Waals surface area contributed by atoms with Gasteiger partial charge in [-0.25, -0.2) is 14.6 Å². The van der Waals surface area contributed by atoms with E-state index in [1.165, 1.54) is 54.4 Å². The van der Waals surface area contributed by atoms with Crippen LogP contribution < -0.4 is 14.5 Å². The van der Waals surface area contributed by atoms with Gasteiger partial charge in [-0.1, -0.05) is 29.3 Å². The van der Waals surface area contributed by atoms with E-state index in [0.717, 1.165) is 0 Å². The number of rotatable bonds is 8. The number of esters is 1. The van der Waals surface area contributed by atoms with Crippen molar-refractivity contribution in [1.29, 1.82) is 0 Å². The number of ether oxygens (including phenoxy) is 4. The summed E-state index contributed by atoms with van der Waals surface area (Å²) in [5.74, 6) is -0.328. The van der Waals surface area contributed by atoms with Crippen molar-refractivity contribution in [2.75, 3.05) is 19.4 Å². The van der Waals surface area contributed by atoms with Gasteiger partial charge in [-0.3, -0.25) is 4.90 Å². The van der Waals surface area contributed by atoms with E-state index in [9.17, 15) is 18.4 Å². The van der Waals surface area contributed by atoms with Crippen molar-refractivity contribution in [3.8, 4) is 11.5 Å². The molecule has 3 rings (SSSR count). The summed E-state index contributed by atoms with van der Waals surface area (Å²) in [5.41, 5.74) is 0.172. The normalized spacial score (nSPS) is 16.5. The van der Waals surface area contributed by atoms with Gasteiger partial charge < -0.3 is 18.9 Å². The first-order valence-corrected chi connectivity index (χ1v) is 13.0. The number of halogens is 4. The minimum absolute atomic E-state index is 0.0167. The average molecular weight is 580 g/mol. The highest BCUT2D eigenvalue weighted by Crippen LogP contribution is 2.37. The van der Waals surface area contributed by atoms with E-state index in [4.69, 9.17) is 37.4 Å². The van der Waals surface area contributed by atoms with Gasteiger partial charge in [0.15, 0.2) is 29.3 Å². The van der Waals surface area contributed by atoms with Crippen molar-refractivity contribution < 1.29 is 42.3 Å². The second kappa shape index (κ2) is 12.4. The molecule has 0 unspecified atom stereocenters. The largest absolute Gasteiger partial charge is 0.493 e. The number of hydrogen-bond acceptors (Lipinski definition) is 7. The number of benzene rings is 1. The first-order valence-electron chi connectivity index (χ1n) is 11.2. The summed E-state index contributed by atoms with van der Waals surface area (Å²) in [4.78, 5) is 30.1. The Morgan fingerprint density at radius 1 is 1.19 bits per heavy atom. The van der Waals surface area contributed by atoms with Crippen LogP contribution in [0.3, 0.4) is 0 Å². The lowest BCUT2D eigenvalue weighted by Gasteiger charge is -2.28. The molecule has 1 N–H and O–H groups in total. The topological polar surface area (TPSA) is 88.4 Å². The summed E-state index contributed by atoms with van der Waals surface area (Å²) in [5, 5.41) is -0.316. The molecule has 0 aliphatic carbocycles. The average Bonchev–Trinajstić information content (AvgIpc) is 3.30. The number of aromatic nitrogens is 1. The summed E-state index contributed by atoms with van der Waals surface area (Å²) in [6, 6.07) is 4.20. The van der Waals surface area contributed by atoms with Crippen LogP contribution in [0.15, 0.2) is 30.6 Å². The molecule has 0 saturated carbocycles. The van der Waals surface area contributed by atoms with Gasteiger partial charge in [-0.15, -0.1) is 11.8 Å². The second-order valence-electron chi connectivity index (χ2n) is 8.95. The van der Waals surface area contributed by atoms with Crippen molar-refractivity contribution >= 4 is 47.0 Å². The van der Waals surface area contributed by atoms with Gasteiger partial charge in [0, 0.05) is 24.3 Å². The number of alkyl halides is 2. The molecule has 2 aromatic rings. The predicted octanol–water partition coefficient (Wildman–Crippen LogP) is 5.55. The molecule has 1 aliphatic rings. The Balaban J connectivity index is 1.92. The monoisotopic (exact) mass is 579 g/mol. The lowest BCUT2D eigenvalue weighted by molar-refractivity contribution is -0.377. The Bertz CT molecular complexity index is 1110. The molecule has 2 heterocycles. The molecule has 37 heavy (non-hydrogen) atoms. The maximum absolute atomic E-state index is 13.3. The van der Waals surface area contributed by atoms with E-state index in [1.807, 2.05) is 0 Å². The summed E-state index contributed by atoms with van der Waals surface area (Å²) < 4.78 is 46.6. The number of hydrogen-bond donors (Lipinski definition) is 0. The zero-order valence-corrected chi connectivity index (χ0v) is 22.9. The lowest BCUT2D eigenvalue weighted by atomic mass is 10.0. The van der Waals surface area contributed by atoms with Crippen LogP contribution in [0, 0.1) is 0 Å². The Morgan fingerprint density at radius 2 is 1.86 bits per heavy atom. The molecule has 0 spiro atoms. The number of nitrogens with zero attached hydrogens (tertiary/aromatic N) is 1. The number of amides is 1. The standard InChI is InChI=1S/C24H26Cl2F2N2O6S/c1-24(2,3)36-23(32)30-7-8-37-20(30)21(31)34-18(10-14-15(25)11-29-12-16(14)26)13-5-6-17(35-22(27)28)19(9-13)33-4/h5-6,9,11-12,18,20,22H,7-8,10H2,1-4H3/p+1/t18-,20-/m0/s1. The number of pyridine rings is 1. The molecule has 1 aromatic carbocycles. The van der Waals surface area contributed by atoms with Gasteiger partial charge in [-0.05, 0) is 38.5 Å². The zero-order chi connectivity index (χ0) is 27.3. The van der Waals surface area contributed by atoms with Gasteiger partial charge in [0.05, 0.1) is 7.11 Å². The maximum atomic E-state index is 13.3.